The molecule has 0 bridgehead atoms. The molecule has 110 valence electrons. The molecule has 0 saturated carbocycles. The Balaban J connectivity index is 1.87. The first-order valence-electron chi connectivity index (χ1n) is 6.92. The number of amides is 1. The second-order valence-electron chi connectivity index (χ2n) is 5.39. The van der Waals surface area contributed by atoms with Crippen LogP contribution in [0, 0.1) is 0 Å². The Labute approximate surface area is 115 Å². The summed E-state index contributed by atoms with van der Waals surface area (Å²) < 4.78 is 24.8. The van der Waals surface area contributed by atoms with Crippen molar-refractivity contribution in [3.8, 4) is 0 Å². The molecular weight excluding hydrogens is 266 g/mol. The summed E-state index contributed by atoms with van der Waals surface area (Å²) in [5.74, 6) is 0.283. The van der Waals surface area contributed by atoms with E-state index in [1.165, 1.54) is 4.31 Å². The van der Waals surface area contributed by atoms with Crippen LogP contribution >= 0.6 is 0 Å². The molecule has 0 aromatic heterocycles. The number of carbonyl (C=O) groups is 1. The largest absolute Gasteiger partial charge is 0.337 e. The van der Waals surface area contributed by atoms with Gasteiger partial charge >= 0.3 is 0 Å². The Bertz CT molecular complexity index is 438. The standard InChI is InChI=1S/C12H23N3O3S/c1-10-11(2)15(8-5-13-10)12(16)4-7-14-6-3-9-19(14,17)18/h10-11,13H,3-9H2,1-2H3. The predicted octanol–water partition coefficient (Wildman–Crippen LogP) is -0.379. The van der Waals surface area contributed by atoms with Crippen LogP contribution in [0.5, 0.6) is 0 Å². The van der Waals surface area contributed by atoms with E-state index in [2.05, 4.69) is 12.2 Å². The molecule has 7 heteroatoms. The van der Waals surface area contributed by atoms with Gasteiger partial charge in [0.05, 0.1) is 5.75 Å². The topological polar surface area (TPSA) is 69.7 Å². The maximum absolute atomic E-state index is 12.2. The first-order chi connectivity index (χ1) is 8.92. The third kappa shape index (κ3) is 3.27. The summed E-state index contributed by atoms with van der Waals surface area (Å²) in [6.07, 6.45) is 0.966. The number of hydrogen-bond donors (Lipinski definition) is 1. The van der Waals surface area contributed by atoms with E-state index in [0.717, 1.165) is 6.54 Å². The number of carbonyl (C=O) groups excluding carboxylic acids is 1. The Kier molecular flexibility index (Phi) is 4.47. The zero-order chi connectivity index (χ0) is 14.0. The molecular formula is C12H23N3O3S. The van der Waals surface area contributed by atoms with Gasteiger partial charge in [0.25, 0.3) is 0 Å². The maximum Gasteiger partial charge on any atom is 0.224 e. The lowest BCUT2D eigenvalue weighted by molar-refractivity contribution is -0.134. The van der Waals surface area contributed by atoms with Crippen molar-refractivity contribution in [2.75, 3.05) is 31.9 Å². The van der Waals surface area contributed by atoms with Crippen LogP contribution in [0.2, 0.25) is 0 Å². The fraction of sp³-hybridized carbons (Fsp3) is 0.917. The lowest BCUT2D eigenvalue weighted by atomic mass is 10.1. The minimum atomic E-state index is -3.09. The van der Waals surface area contributed by atoms with Gasteiger partial charge in [-0.05, 0) is 20.3 Å². The van der Waals surface area contributed by atoms with Crippen molar-refractivity contribution in [3.05, 3.63) is 0 Å². The first kappa shape index (κ1) is 14.7. The Morgan fingerprint density at radius 2 is 2.05 bits per heavy atom. The molecule has 2 aliphatic heterocycles. The fourth-order valence-corrected chi connectivity index (χ4v) is 4.24. The summed E-state index contributed by atoms with van der Waals surface area (Å²) in [6, 6.07) is 0.449. The molecule has 19 heavy (non-hydrogen) atoms. The molecule has 2 unspecified atom stereocenters. The van der Waals surface area contributed by atoms with E-state index in [9.17, 15) is 13.2 Å². The Morgan fingerprint density at radius 3 is 2.68 bits per heavy atom. The monoisotopic (exact) mass is 289 g/mol. The van der Waals surface area contributed by atoms with Crippen molar-refractivity contribution in [3.63, 3.8) is 0 Å². The zero-order valence-electron chi connectivity index (χ0n) is 11.6. The highest BCUT2D eigenvalue weighted by Crippen LogP contribution is 2.15. The van der Waals surface area contributed by atoms with Crippen molar-refractivity contribution >= 4 is 15.9 Å². The third-order valence-electron chi connectivity index (χ3n) is 4.13. The molecule has 1 N–H and O–H groups in total. The van der Waals surface area contributed by atoms with Crippen LogP contribution in [-0.4, -0.2) is 67.5 Å². The lowest BCUT2D eigenvalue weighted by Crippen LogP contribution is -2.57. The van der Waals surface area contributed by atoms with E-state index in [1.54, 1.807) is 0 Å². The van der Waals surface area contributed by atoms with Gasteiger partial charge in [0.15, 0.2) is 0 Å². The van der Waals surface area contributed by atoms with E-state index < -0.39 is 10.0 Å². The number of piperazine rings is 1. The molecule has 0 spiro atoms. The summed E-state index contributed by atoms with van der Waals surface area (Å²) in [7, 11) is -3.09. The van der Waals surface area contributed by atoms with Crippen LogP contribution < -0.4 is 5.32 Å². The number of hydrogen-bond acceptors (Lipinski definition) is 4. The summed E-state index contributed by atoms with van der Waals surface area (Å²) in [5.41, 5.74) is 0. The van der Waals surface area contributed by atoms with E-state index >= 15 is 0 Å². The molecule has 2 fully saturated rings. The van der Waals surface area contributed by atoms with Crippen LogP contribution in [0.1, 0.15) is 26.7 Å². The number of nitrogens with zero attached hydrogens (tertiary/aromatic N) is 2. The lowest BCUT2D eigenvalue weighted by Gasteiger charge is -2.38. The molecule has 2 heterocycles. The van der Waals surface area contributed by atoms with Crippen LogP contribution in [-0.2, 0) is 14.8 Å². The minimum absolute atomic E-state index is 0.0583. The van der Waals surface area contributed by atoms with Crippen molar-refractivity contribution in [1.82, 2.24) is 14.5 Å². The van der Waals surface area contributed by atoms with E-state index in [-0.39, 0.29) is 30.2 Å². The van der Waals surface area contributed by atoms with Gasteiger partial charge in [-0.25, -0.2) is 12.7 Å². The molecule has 2 rings (SSSR count). The Hall–Kier alpha value is -0.660. The number of nitrogens with one attached hydrogen (secondary N) is 1. The van der Waals surface area contributed by atoms with Gasteiger partial charge in [-0.3, -0.25) is 4.79 Å². The van der Waals surface area contributed by atoms with Crippen molar-refractivity contribution in [1.29, 1.82) is 0 Å². The fourth-order valence-electron chi connectivity index (χ4n) is 2.71. The summed E-state index contributed by atoms with van der Waals surface area (Å²) >= 11 is 0. The van der Waals surface area contributed by atoms with Gasteiger partial charge in [0.1, 0.15) is 0 Å². The molecule has 0 aromatic carbocycles. The van der Waals surface area contributed by atoms with Crippen LogP contribution in [0.4, 0.5) is 0 Å². The molecule has 0 radical (unpaired) electrons. The van der Waals surface area contributed by atoms with Gasteiger partial charge in [-0.15, -0.1) is 0 Å². The van der Waals surface area contributed by atoms with E-state index in [4.69, 9.17) is 0 Å². The minimum Gasteiger partial charge on any atom is -0.337 e. The average Bonchev–Trinajstić information content (AvgIpc) is 2.69. The van der Waals surface area contributed by atoms with Crippen molar-refractivity contribution in [2.24, 2.45) is 0 Å². The normalized spacial score (nSPS) is 31.6. The predicted molar refractivity (Wildman–Crippen MR) is 73.2 cm³/mol. The zero-order valence-corrected chi connectivity index (χ0v) is 12.4. The molecule has 0 aromatic rings. The smallest absolute Gasteiger partial charge is 0.224 e. The second-order valence-corrected chi connectivity index (χ2v) is 7.48. The second kappa shape index (κ2) is 5.76. The first-order valence-corrected chi connectivity index (χ1v) is 8.53. The van der Waals surface area contributed by atoms with E-state index in [0.29, 0.717) is 26.1 Å². The third-order valence-corrected chi connectivity index (χ3v) is 6.09. The SMILES string of the molecule is CC1NCCN(C(=O)CCN2CCCS2(=O)=O)C1C. The summed E-state index contributed by atoms with van der Waals surface area (Å²) in [5, 5.41) is 3.33. The highest BCUT2D eigenvalue weighted by Gasteiger charge is 2.31. The van der Waals surface area contributed by atoms with Crippen LogP contribution in [0.25, 0.3) is 0 Å². The molecule has 1 amide bonds. The van der Waals surface area contributed by atoms with Gasteiger partial charge in [-0.2, -0.15) is 0 Å². The maximum atomic E-state index is 12.2. The van der Waals surface area contributed by atoms with Crippen molar-refractivity contribution < 1.29 is 13.2 Å². The highest BCUT2D eigenvalue weighted by atomic mass is 32.2. The average molecular weight is 289 g/mol. The van der Waals surface area contributed by atoms with Crippen LogP contribution in [0.15, 0.2) is 0 Å². The van der Waals surface area contributed by atoms with Gasteiger partial charge in [0.2, 0.25) is 15.9 Å². The molecule has 2 atom stereocenters. The molecule has 2 aliphatic rings. The molecule has 6 nitrogen and oxygen atoms in total. The van der Waals surface area contributed by atoms with Gasteiger partial charge < -0.3 is 10.2 Å². The number of rotatable bonds is 3. The molecule has 2 saturated heterocycles. The summed E-state index contributed by atoms with van der Waals surface area (Å²) in [4.78, 5) is 14.1. The summed E-state index contributed by atoms with van der Waals surface area (Å²) in [6.45, 7) is 6.49. The van der Waals surface area contributed by atoms with Gasteiger partial charge in [-0.1, -0.05) is 0 Å². The Morgan fingerprint density at radius 1 is 1.32 bits per heavy atom. The quantitative estimate of drug-likeness (QED) is 0.769. The highest BCUT2D eigenvalue weighted by molar-refractivity contribution is 7.89. The molecule has 0 aliphatic carbocycles. The van der Waals surface area contributed by atoms with Crippen LogP contribution in [0.3, 0.4) is 0 Å². The number of sulfonamides is 1. The van der Waals surface area contributed by atoms with Gasteiger partial charge in [0, 0.05) is 44.7 Å². The van der Waals surface area contributed by atoms with Crippen molar-refractivity contribution in [2.45, 2.75) is 38.8 Å². The van der Waals surface area contributed by atoms with E-state index in [1.807, 2.05) is 11.8 Å².